The molecule has 4 nitrogen and oxygen atoms in total. The lowest BCUT2D eigenvalue weighted by atomic mass is 9.38. The first-order valence-corrected chi connectivity index (χ1v) is 9.32. The summed E-state index contributed by atoms with van der Waals surface area (Å²) in [5, 5.41) is 19.8. The SMILES string of the molecule is BC(B)(B)c1ccc(C(O)(C(C)O)C(F)(F)F)cc1B1OC(C)(C)C(C)(C)O1. The fraction of sp³-hybridized carbons (Fsp3) is 0.647. The number of alkyl halides is 3. The minimum atomic E-state index is -5.06. The van der Waals surface area contributed by atoms with E-state index in [9.17, 15) is 23.4 Å². The molecule has 0 aromatic heterocycles. The Balaban J connectivity index is 2.69. The van der Waals surface area contributed by atoms with Crippen LogP contribution in [0.5, 0.6) is 0 Å². The van der Waals surface area contributed by atoms with Crippen LogP contribution < -0.4 is 5.46 Å². The molecule has 2 rings (SSSR count). The molecule has 2 N–H and O–H groups in total. The van der Waals surface area contributed by atoms with E-state index in [0.29, 0.717) is 5.46 Å². The smallest absolute Gasteiger partial charge is 0.399 e. The molecule has 152 valence electrons. The molecule has 1 heterocycles. The number of aliphatic hydroxyl groups is 2. The van der Waals surface area contributed by atoms with E-state index in [4.69, 9.17) is 9.31 Å². The Kier molecular flexibility index (Phi) is 5.70. The van der Waals surface area contributed by atoms with Gasteiger partial charge in [0.25, 0.3) is 0 Å². The number of benzene rings is 1. The first kappa shape index (κ1) is 23.4. The second kappa shape index (κ2) is 6.83. The molecule has 2 atom stereocenters. The summed E-state index contributed by atoms with van der Waals surface area (Å²) in [5.74, 6) is 0. The molecule has 0 bridgehead atoms. The van der Waals surface area contributed by atoms with Crippen molar-refractivity contribution >= 4 is 36.1 Å². The molecule has 1 fully saturated rings. The van der Waals surface area contributed by atoms with Crippen molar-refractivity contribution in [3.8, 4) is 0 Å². The van der Waals surface area contributed by atoms with Gasteiger partial charge in [0.1, 0.15) is 0 Å². The number of halogens is 3. The van der Waals surface area contributed by atoms with Crippen molar-refractivity contribution in [1.82, 2.24) is 0 Å². The van der Waals surface area contributed by atoms with Gasteiger partial charge in [0.05, 0.1) is 40.8 Å². The minimum absolute atomic E-state index is 0.404. The molecule has 1 aliphatic heterocycles. The van der Waals surface area contributed by atoms with E-state index >= 15 is 0 Å². The second-order valence-corrected chi connectivity index (χ2v) is 9.58. The van der Waals surface area contributed by atoms with Crippen molar-refractivity contribution in [2.45, 2.75) is 68.8 Å². The average Bonchev–Trinajstić information content (AvgIpc) is 2.71. The van der Waals surface area contributed by atoms with Gasteiger partial charge in [0, 0.05) is 0 Å². The molecule has 0 saturated carbocycles. The van der Waals surface area contributed by atoms with Crippen LogP contribution >= 0.6 is 0 Å². The highest BCUT2D eigenvalue weighted by molar-refractivity contribution is 6.66. The summed E-state index contributed by atoms with van der Waals surface area (Å²) in [6.45, 7) is 8.34. The highest BCUT2D eigenvalue weighted by atomic mass is 19.4. The van der Waals surface area contributed by atoms with Crippen LogP contribution in [0.3, 0.4) is 0 Å². The van der Waals surface area contributed by atoms with E-state index in [0.717, 1.165) is 12.5 Å². The van der Waals surface area contributed by atoms with E-state index in [-0.39, 0.29) is 0 Å². The Labute approximate surface area is 167 Å². The third kappa shape index (κ3) is 3.78. The summed E-state index contributed by atoms with van der Waals surface area (Å²) >= 11 is 0. The molecule has 1 aliphatic rings. The lowest BCUT2D eigenvalue weighted by Crippen LogP contribution is -2.52. The summed E-state index contributed by atoms with van der Waals surface area (Å²) in [6, 6.07) is 3.98. The molecule has 0 amide bonds. The standard InChI is InChI=1S/C17H27B4F3O4/c1-9(25)15(26,17(22,23)24)10-6-7-11(16(18,19)20)12(8-10)21-27-13(2,3)14(4,5)28-21/h6-9,25-26H,18-20H2,1-5H3. The molecule has 11 heteroatoms. The van der Waals surface area contributed by atoms with Crippen LogP contribution in [0, 0.1) is 0 Å². The summed E-state index contributed by atoms with van der Waals surface area (Å²) in [7, 11) is 4.90. The highest BCUT2D eigenvalue weighted by Crippen LogP contribution is 2.42. The number of aliphatic hydroxyl groups excluding tert-OH is 1. The molecule has 1 aromatic rings. The van der Waals surface area contributed by atoms with Crippen LogP contribution in [-0.4, -0.2) is 64.4 Å². The first-order valence-electron chi connectivity index (χ1n) is 9.32. The van der Waals surface area contributed by atoms with Crippen LogP contribution in [0.1, 0.15) is 45.7 Å². The third-order valence-corrected chi connectivity index (χ3v) is 5.84. The molecule has 2 unspecified atom stereocenters. The molecule has 28 heavy (non-hydrogen) atoms. The molecular formula is C17H27B4F3O4. The van der Waals surface area contributed by atoms with Crippen LogP contribution in [0.2, 0.25) is 0 Å². The summed E-state index contributed by atoms with van der Waals surface area (Å²) in [6.07, 6.45) is -7.11. The van der Waals surface area contributed by atoms with Gasteiger partial charge >= 0.3 is 13.3 Å². The Morgan fingerprint density at radius 3 is 1.86 bits per heavy atom. The number of hydrogen-bond acceptors (Lipinski definition) is 4. The van der Waals surface area contributed by atoms with Gasteiger partial charge in [0.15, 0.2) is 0 Å². The van der Waals surface area contributed by atoms with Crippen molar-refractivity contribution < 1.29 is 32.7 Å². The van der Waals surface area contributed by atoms with Crippen LogP contribution in [-0.2, 0) is 20.0 Å². The van der Waals surface area contributed by atoms with E-state index in [1.165, 1.54) is 18.2 Å². The largest absolute Gasteiger partial charge is 0.495 e. The number of hydrogen-bond donors (Lipinski definition) is 2. The lowest BCUT2D eigenvalue weighted by molar-refractivity contribution is -0.295. The predicted molar refractivity (Wildman–Crippen MR) is 111 cm³/mol. The molecule has 1 aromatic carbocycles. The number of rotatable bonds is 4. The Morgan fingerprint density at radius 2 is 1.50 bits per heavy atom. The van der Waals surface area contributed by atoms with Crippen molar-refractivity contribution in [2.24, 2.45) is 0 Å². The van der Waals surface area contributed by atoms with Gasteiger partial charge in [-0.15, -0.1) is 0 Å². The van der Waals surface area contributed by atoms with Gasteiger partial charge in [-0.25, -0.2) is 0 Å². The second-order valence-electron chi connectivity index (χ2n) is 9.58. The lowest BCUT2D eigenvalue weighted by Gasteiger charge is -2.35. The van der Waals surface area contributed by atoms with E-state index in [2.05, 4.69) is 0 Å². The Hall–Kier alpha value is -0.890. The molecule has 0 radical (unpaired) electrons. The van der Waals surface area contributed by atoms with Gasteiger partial charge in [-0.1, -0.05) is 28.9 Å². The topological polar surface area (TPSA) is 58.9 Å². The third-order valence-electron chi connectivity index (χ3n) is 5.84. The van der Waals surface area contributed by atoms with Gasteiger partial charge < -0.3 is 19.5 Å². The maximum atomic E-state index is 13.7. The maximum absolute atomic E-state index is 13.7. The van der Waals surface area contributed by atoms with Crippen LogP contribution in [0.4, 0.5) is 13.2 Å². The van der Waals surface area contributed by atoms with E-state index < -0.39 is 46.9 Å². The first-order chi connectivity index (χ1) is 12.3. The van der Waals surface area contributed by atoms with Gasteiger partial charge in [0.2, 0.25) is 5.60 Å². The fourth-order valence-corrected chi connectivity index (χ4v) is 3.29. The van der Waals surface area contributed by atoms with Gasteiger partial charge in [-0.3, -0.25) is 0 Å². The fourth-order valence-electron chi connectivity index (χ4n) is 3.29. The molecular weight excluding hydrogens is 368 g/mol. The maximum Gasteiger partial charge on any atom is 0.495 e. The molecule has 0 spiro atoms. The summed E-state index contributed by atoms with van der Waals surface area (Å²) in [5.41, 5.74) is -4.05. The zero-order chi connectivity index (χ0) is 21.9. The Morgan fingerprint density at radius 1 is 1.04 bits per heavy atom. The minimum Gasteiger partial charge on any atom is -0.399 e. The van der Waals surface area contributed by atoms with Gasteiger partial charge in [-0.05, 0) is 45.6 Å². The van der Waals surface area contributed by atoms with E-state index in [1.807, 2.05) is 51.2 Å². The van der Waals surface area contributed by atoms with Crippen molar-refractivity contribution in [1.29, 1.82) is 0 Å². The zero-order valence-corrected chi connectivity index (χ0v) is 17.7. The monoisotopic (exact) mass is 396 g/mol. The van der Waals surface area contributed by atoms with Crippen molar-refractivity contribution in [3.05, 3.63) is 29.3 Å². The average molecular weight is 396 g/mol. The van der Waals surface area contributed by atoms with E-state index in [1.54, 1.807) is 0 Å². The molecule has 1 saturated heterocycles. The normalized spacial score (nSPS) is 22.7. The molecule has 0 aliphatic carbocycles. The highest BCUT2D eigenvalue weighted by Gasteiger charge is 2.59. The quantitative estimate of drug-likeness (QED) is 0.651. The predicted octanol–water partition coefficient (Wildman–Crippen LogP) is -0.874. The Bertz CT molecular complexity index is 731. The summed E-state index contributed by atoms with van der Waals surface area (Å²) < 4.78 is 53.1. The van der Waals surface area contributed by atoms with Crippen molar-refractivity contribution in [2.75, 3.05) is 0 Å². The van der Waals surface area contributed by atoms with Crippen LogP contribution in [0.25, 0.3) is 0 Å². The van der Waals surface area contributed by atoms with Crippen LogP contribution in [0.15, 0.2) is 18.2 Å². The van der Waals surface area contributed by atoms with Crippen molar-refractivity contribution in [3.63, 3.8) is 0 Å². The zero-order valence-electron chi connectivity index (χ0n) is 17.7. The van der Waals surface area contributed by atoms with Gasteiger partial charge in [-0.2, -0.15) is 13.2 Å². The summed E-state index contributed by atoms with van der Waals surface area (Å²) in [4.78, 5) is 0.